The number of hydrogen-bond acceptors (Lipinski definition) is 2. The molecular formula is C16H24O2Si. The molecule has 0 bridgehead atoms. The highest BCUT2D eigenvalue weighted by Crippen LogP contribution is 2.51. The smallest absolute Gasteiger partial charge is 0.190 e. The average Bonchev–Trinajstić information content (AvgIpc) is 2.36. The molecule has 0 amide bonds. The summed E-state index contributed by atoms with van der Waals surface area (Å²) in [6.45, 7) is 4.48. The molecule has 0 radical (unpaired) electrons. The molecule has 3 heteroatoms. The highest BCUT2D eigenvalue weighted by atomic mass is 28.4. The van der Waals surface area contributed by atoms with Crippen LogP contribution >= 0.6 is 0 Å². The van der Waals surface area contributed by atoms with Gasteiger partial charge in [0.15, 0.2) is 8.32 Å². The largest absolute Gasteiger partial charge is 0.410 e. The minimum absolute atomic E-state index is 0.0990. The van der Waals surface area contributed by atoms with Gasteiger partial charge in [0.25, 0.3) is 0 Å². The number of hydrogen-bond donors (Lipinski definition) is 1. The predicted octanol–water partition coefficient (Wildman–Crippen LogP) is 3.88. The van der Waals surface area contributed by atoms with Gasteiger partial charge in [-0.15, -0.1) is 0 Å². The van der Waals surface area contributed by atoms with Gasteiger partial charge in [-0.2, -0.15) is 0 Å². The van der Waals surface area contributed by atoms with Crippen molar-refractivity contribution >= 4 is 8.32 Å². The summed E-state index contributed by atoms with van der Waals surface area (Å²) in [5.74, 6) is 0.282. The van der Waals surface area contributed by atoms with Crippen molar-refractivity contribution in [1.29, 1.82) is 0 Å². The van der Waals surface area contributed by atoms with Gasteiger partial charge in [0.05, 0.1) is 11.7 Å². The summed E-state index contributed by atoms with van der Waals surface area (Å²) in [5.41, 5.74) is 0.764. The normalized spacial score (nSPS) is 37.6. The molecule has 0 aromatic heterocycles. The topological polar surface area (TPSA) is 29.5 Å². The lowest BCUT2D eigenvalue weighted by molar-refractivity contribution is -0.103. The van der Waals surface area contributed by atoms with Crippen molar-refractivity contribution in [2.75, 3.05) is 0 Å². The van der Waals surface area contributed by atoms with Gasteiger partial charge in [0.1, 0.15) is 0 Å². The lowest BCUT2D eigenvalue weighted by Gasteiger charge is -2.52. The predicted molar refractivity (Wildman–Crippen MR) is 79.5 cm³/mol. The molecule has 3 rings (SSSR count). The third-order valence-electron chi connectivity index (χ3n) is 4.74. The van der Waals surface area contributed by atoms with E-state index in [9.17, 15) is 5.11 Å². The van der Waals surface area contributed by atoms with E-state index >= 15 is 0 Å². The first-order valence-electron chi connectivity index (χ1n) is 7.45. The van der Waals surface area contributed by atoms with Crippen molar-refractivity contribution in [3.05, 3.63) is 35.9 Å². The molecule has 0 spiro atoms. The van der Waals surface area contributed by atoms with Crippen LogP contribution in [0.25, 0.3) is 0 Å². The van der Waals surface area contributed by atoms with Crippen LogP contribution in [0, 0.1) is 5.92 Å². The Morgan fingerprint density at radius 1 is 1.21 bits per heavy atom. The van der Waals surface area contributed by atoms with Gasteiger partial charge in [-0.1, -0.05) is 43.2 Å². The van der Waals surface area contributed by atoms with Gasteiger partial charge in [0.2, 0.25) is 0 Å². The van der Waals surface area contributed by atoms with E-state index in [1.165, 1.54) is 18.4 Å². The molecule has 2 aliphatic rings. The third kappa shape index (κ3) is 2.51. The molecule has 104 valence electrons. The molecule has 2 nitrogen and oxygen atoms in total. The van der Waals surface area contributed by atoms with Crippen LogP contribution in [0.5, 0.6) is 0 Å². The molecule has 1 aromatic carbocycles. The molecule has 1 aromatic rings. The van der Waals surface area contributed by atoms with Crippen LogP contribution in [-0.2, 0) is 4.43 Å². The second-order valence-electron chi connectivity index (χ2n) is 6.84. The van der Waals surface area contributed by atoms with Crippen LogP contribution in [0.4, 0.5) is 0 Å². The van der Waals surface area contributed by atoms with E-state index < -0.39 is 13.9 Å². The zero-order chi connectivity index (χ0) is 13.5. The minimum atomic E-state index is -1.77. The quantitative estimate of drug-likeness (QED) is 0.789. The Hall–Kier alpha value is -0.643. The lowest BCUT2D eigenvalue weighted by atomic mass is 9.72. The summed E-state index contributed by atoms with van der Waals surface area (Å²) in [4.78, 5) is 0. The number of aliphatic hydroxyl groups is 1. The molecule has 1 saturated heterocycles. The maximum Gasteiger partial charge on any atom is 0.190 e. The van der Waals surface area contributed by atoms with Crippen LogP contribution in [0.3, 0.4) is 0 Å². The van der Waals surface area contributed by atoms with Crippen molar-refractivity contribution in [2.24, 2.45) is 5.92 Å². The summed E-state index contributed by atoms with van der Waals surface area (Å²) in [5, 5.41) is 11.1. The summed E-state index contributed by atoms with van der Waals surface area (Å²) < 4.78 is 6.47. The molecule has 3 atom stereocenters. The molecule has 1 heterocycles. The van der Waals surface area contributed by atoms with E-state index in [4.69, 9.17) is 4.43 Å². The van der Waals surface area contributed by atoms with E-state index in [1.807, 2.05) is 6.07 Å². The van der Waals surface area contributed by atoms with Crippen LogP contribution in [0.15, 0.2) is 30.3 Å². The fourth-order valence-corrected chi connectivity index (χ4v) is 7.03. The Bertz CT molecular complexity index is 445. The summed E-state index contributed by atoms with van der Waals surface area (Å²) in [6, 6.07) is 11.4. The van der Waals surface area contributed by atoms with Crippen LogP contribution in [0.1, 0.15) is 37.4 Å². The Morgan fingerprint density at radius 2 is 1.95 bits per heavy atom. The first-order chi connectivity index (χ1) is 9.00. The molecule has 0 unspecified atom stereocenters. The number of fused-ring (bicyclic) bond motifs is 1. The molecule has 1 aliphatic heterocycles. The van der Waals surface area contributed by atoms with Gasteiger partial charge in [-0.3, -0.25) is 0 Å². The molecule has 2 fully saturated rings. The lowest BCUT2D eigenvalue weighted by Crippen LogP contribution is -2.56. The second-order valence-corrected chi connectivity index (χ2v) is 11.0. The van der Waals surface area contributed by atoms with Gasteiger partial charge in [-0.05, 0) is 37.5 Å². The Balaban J connectivity index is 1.97. The summed E-state index contributed by atoms with van der Waals surface area (Å²) >= 11 is 0. The summed E-state index contributed by atoms with van der Waals surface area (Å²) in [7, 11) is -1.77. The van der Waals surface area contributed by atoms with Crippen molar-refractivity contribution < 1.29 is 9.53 Å². The highest BCUT2D eigenvalue weighted by molar-refractivity contribution is 6.71. The molecule has 1 aliphatic carbocycles. The number of benzene rings is 1. The van der Waals surface area contributed by atoms with Crippen LogP contribution in [0.2, 0.25) is 19.1 Å². The van der Waals surface area contributed by atoms with E-state index in [-0.39, 0.29) is 12.0 Å². The number of rotatable bonds is 1. The minimum Gasteiger partial charge on any atom is -0.410 e. The SMILES string of the molecule is C[Si]1(C)C[C@@]2(O)CCCC[C@H]2[C@H](c2ccccc2)O1. The fourth-order valence-electron chi connectivity index (χ4n) is 4.05. The van der Waals surface area contributed by atoms with Crippen molar-refractivity contribution in [2.45, 2.75) is 56.5 Å². The van der Waals surface area contributed by atoms with Crippen molar-refractivity contribution in [3.63, 3.8) is 0 Å². The molecule has 1 N–H and O–H groups in total. The van der Waals surface area contributed by atoms with Crippen molar-refractivity contribution in [3.8, 4) is 0 Å². The van der Waals surface area contributed by atoms with E-state index in [2.05, 4.69) is 37.4 Å². The molecular weight excluding hydrogens is 252 g/mol. The average molecular weight is 276 g/mol. The molecule has 1 saturated carbocycles. The monoisotopic (exact) mass is 276 g/mol. The van der Waals surface area contributed by atoms with E-state index in [0.717, 1.165) is 18.9 Å². The van der Waals surface area contributed by atoms with Gasteiger partial charge >= 0.3 is 0 Å². The van der Waals surface area contributed by atoms with Crippen LogP contribution < -0.4 is 0 Å². The van der Waals surface area contributed by atoms with E-state index in [0.29, 0.717) is 0 Å². The van der Waals surface area contributed by atoms with Gasteiger partial charge < -0.3 is 9.53 Å². The summed E-state index contributed by atoms with van der Waals surface area (Å²) in [6.07, 6.45) is 4.55. The van der Waals surface area contributed by atoms with Crippen LogP contribution in [-0.4, -0.2) is 19.0 Å². The Kier molecular flexibility index (Phi) is 3.32. The standard InChI is InChI=1S/C16H24O2Si/c1-19(2)12-16(17)11-7-6-10-14(16)15(18-19)13-8-4-3-5-9-13/h3-5,8-9,14-15,17H,6-7,10-12H2,1-2H3/t14-,15-,16-/m0/s1. The fraction of sp³-hybridized carbons (Fsp3) is 0.625. The zero-order valence-electron chi connectivity index (χ0n) is 11.9. The zero-order valence-corrected chi connectivity index (χ0v) is 12.9. The van der Waals surface area contributed by atoms with Gasteiger partial charge in [0, 0.05) is 5.92 Å². The Labute approximate surface area is 116 Å². The first-order valence-corrected chi connectivity index (χ1v) is 10.6. The van der Waals surface area contributed by atoms with Crippen molar-refractivity contribution in [1.82, 2.24) is 0 Å². The highest BCUT2D eigenvalue weighted by Gasteiger charge is 2.53. The van der Waals surface area contributed by atoms with Gasteiger partial charge in [-0.25, -0.2) is 0 Å². The molecule has 19 heavy (non-hydrogen) atoms. The second kappa shape index (κ2) is 4.72. The maximum atomic E-state index is 11.1. The third-order valence-corrected chi connectivity index (χ3v) is 7.09. The first kappa shape index (κ1) is 13.3. The maximum absolute atomic E-state index is 11.1. The Morgan fingerprint density at radius 3 is 2.68 bits per heavy atom. The van der Waals surface area contributed by atoms with E-state index in [1.54, 1.807) is 0 Å².